The van der Waals surface area contributed by atoms with E-state index in [0.29, 0.717) is 17.5 Å². The Balaban J connectivity index is 1.89. The first kappa shape index (κ1) is 13.9. The van der Waals surface area contributed by atoms with Crippen LogP contribution in [0.25, 0.3) is 0 Å². The minimum Gasteiger partial charge on any atom is -0.465 e. The van der Waals surface area contributed by atoms with Gasteiger partial charge in [0, 0.05) is 12.6 Å². The molecule has 1 amide bonds. The molecule has 2 heterocycles. The van der Waals surface area contributed by atoms with E-state index < -0.39 is 0 Å². The maximum Gasteiger partial charge on any atom is 0.337 e. The topological polar surface area (TPSA) is 71.0 Å². The number of aliphatic imine (C=N–C) groups is 1. The largest absolute Gasteiger partial charge is 0.465 e. The van der Waals surface area contributed by atoms with Gasteiger partial charge in [0.2, 0.25) is 0 Å². The molecule has 6 heteroatoms. The average Bonchev–Trinajstić information content (AvgIpc) is 2.91. The van der Waals surface area contributed by atoms with Crippen molar-refractivity contribution in [2.75, 3.05) is 13.7 Å². The predicted octanol–water partition coefficient (Wildman–Crippen LogP) is 0.405. The van der Waals surface area contributed by atoms with Crippen molar-refractivity contribution in [2.45, 2.75) is 37.9 Å². The van der Waals surface area contributed by atoms with E-state index in [4.69, 9.17) is 4.74 Å². The van der Waals surface area contributed by atoms with Crippen molar-refractivity contribution in [1.82, 2.24) is 10.2 Å². The van der Waals surface area contributed by atoms with Crippen LogP contribution in [0.2, 0.25) is 0 Å². The van der Waals surface area contributed by atoms with Crippen molar-refractivity contribution < 1.29 is 14.3 Å². The highest BCUT2D eigenvalue weighted by Crippen LogP contribution is 2.23. The highest BCUT2D eigenvalue weighted by atomic mass is 16.5. The number of hydrogen-bond acceptors (Lipinski definition) is 5. The van der Waals surface area contributed by atoms with Crippen molar-refractivity contribution in [3.8, 4) is 0 Å². The zero-order valence-corrected chi connectivity index (χ0v) is 12.2. The van der Waals surface area contributed by atoms with Crippen LogP contribution in [-0.2, 0) is 14.3 Å². The van der Waals surface area contributed by atoms with Gasteiger partial charge in [-0.05, 0) is 31.9 Å². The second kappa shape index (κ2) is 5.35. The molecule has 0 radical (unpaired) electrons. The Morgan fingerprint density at radius 1 is 1.52 bits per heavy atom. The number of amidine groups is 1. The van der Waals surface area contributed by atoms with Crippen LogP contribution in [0.15, 0.2) is 28.8 Å². The SMILES string of the molecule is COC(=O)C1=CC2N=C(N3CCC[C@@H]3C)C(=O)NC2C=C1. The Kier molecular flexibility index (Phi) is 3.53. The number of ether oxygens (including phenoxy) is 1. The van der Waals surface area contributed by atoms with E-state index in [9.17, 15) is 9.59 Å². The summed E-state index contributed by atoms with van der Waals surface area (Å²) in [5.74, 6) is -0.0329. The van der Waals surface area contributed by atoms with Crippen molar-refractivity contribution in [2.24, 2.45) is 4.99 Å². The van der Waals surface area contributed by atoms with E-state index in [2.05, 4.69) is 22.1 Å². The van der Waals surface area contributed by atoms with Crippen LogP contribution in [0.3, 0.4) is 0 Å². The summed E-state index contributed by atoms with van der Waals surface area (Å²) in [5.41, 5.74) is 0.479. The van der Waals surface area contributed by atoms with Gasteiger partial charge >= 0.3 is 5.97 Å². The number of likely N-dealkylation sites (tertiary alicyclic amines) is 1. The number of amides is 1. The Labute approximate surface area is 123 Å². The molecular formula is C15H19N3O3. The molecule has 21 heavy (non-hydrogen) atoms. The van der Waals surface area contributed by atoms with Gasteiger partial charge in [0.25, 0.3) is 5.91 Å². The van der Waals surface area contributed by atoms with E-state index >= 15 is 0 Å². The number of fused-ring (bicyclic) bond motifs is 1. The fourth-order valence-electron chi connectivity index (χ4n) is 3.04. The molecule has 3 rings (SSSR count). The zero-order chi connectivity index (χ0) is 15.0. The molecule has 6 nitrogen and oxygen atoms in total. The van der Waals surface area contributed by atoms with E-state index in [0.717, 1.165) is 19.4 Å². The molecule has 1 N–H and O–H groups in total. The van der Waals surface area contributed by atoms with E-state index in [1.807, 2.05) is 0 Å². The van der Waals surface area contributed by atoms with Gasteiger partial charge in [0.1, 0.15) is 0 Å². The van der Waals surface area contributed by atoms with E-state index in [-0.39, 0.29) is 24.0 Å². The number of hydrogen-bond donors (Lipinski definition) is 1. The normalized spacial score (nSPS) is 31.2. The van der Waals surface area contributed by atoms with Gasteiger partial charge in [0.05, 0.1) is 24.8 Å². The molecule has 1 saturated heterocycles. The van der Waals surface area contributed by atoms with Crippen molar-refractivity contribution in [3.63, 3.8) is 0 Å². The highest BCUT2D eigenvalue weighted by Gasteiger charge is 2.36. The van der Waals surface area contributed by atoms with Crippen LogP contribution in [-0.4, -0.2) is 54.4 Å². The lowest BCUT2D eigenvalue weighted by atomic mass is 9.96. The molecule has 3 atom stereocenters. The molecule has 2 aliphatic heterocycles. The number of rotatable bonds is 1. The number of carbonyl (C=O) groups excluding carboxylic acids is 2. The van der Waals surface area contributed by atoms with Crippen molar-refractivity contribution >= 4 is 17.7 Å². The van der Waals surface area contributed by atoms with Crippen LogP contribution in [0.1, 0.15) is 19.8 Å². The molecule has 112 valence electrons. The number of nitrogens with one attached hydrogen (secondary N) is 1. The summed E-state index contributed by atoms with van der Waals surface area (Å²) >= 11 is 0. The van der Waals surface area contributed by atoms with Crippen LogP contribution in [0, 0.1) is 0 Å². The third-order valence-corrected chi connectivity index (χ3v) is 4.22. The van der Waals surface area contributed by atoms with Crippen molar-refractivity contribution in [1.29, 1.82) is 0 Å². The number of nitrogens with zero attached hydrogens (tertiary/aromatic N) is 2. The Hall–Kier alpha value is -2.11. The second-order valence-corrected chi connectivity index (χ2v) is 5.60. The Morgan fingerprint density at radius 2 is 2.33 bits per heavy atom. The molecular weight excluding hydrogens is 270 g/mol. The standard InChI is InChI=1S/C15H19N3O3/c1-9-4-3-7-18(9)13-14(19)17-11-6-5-10(15(20)21-2)8-12(11)16-13/h5-6,8-9,11-12H,3-4,7H2,1-2H3,(H,17,19)/t9-,11?,12?/m0/s1. The van der Waals surface area contributed by atoms with E-state index in [1.165, 1.54) is 7.11 Å². The van der Waals surface area contributed by atoms with Gasteiger partial charge in [-0.25, -0.2) is 4.79 Å². The lowest BCUT2D eigenvalue weighted by molar-refractivity contribution is -0.135. The van der Waals surface area contributed by atoms with Crippen LogP contribution in [0.5, 0.6) is 0 Å². The minimum atomic E-state index is -0.382. The van der Waals surface area contributed by atoms with Crippen LogP contribution < -0.4 is 5.32 Å². The van der Waals surface area contributed by atoms with Crippen LogP contribution >= 0.6 is 0 Å². The molecule has 0 aromatic rings. The van der Waals surface area contributed by atoms with Crippen molar-refractivity contribution in [3.05, 3.63) is 23.8 Å². The summed E-state index contributed by atoms with van der Waals surface area (Å²) in [5, 5.41) is 2.95. The monoisotopic (exact) mass is 289 g/mol. The Bertz CT molecular complexity index is 565. The Morgan fingerprint density at radius 3 is 3.00 bits per heavy atom. The lowest BCUT2D eigenvalue weighted by Gasteiger charge is -2.33. The smallest absolute Gasteiger partial charge is 0.337 e. The number of methoxy groups -OCH3 is 1. The molecule has 2 unspecified atom stereocenters. The summed E-state index contributed by atoms with van der Waals surface area (Å²) in [6.45, 7) is 2.96. The number of carbonyl (C=O) groups is 2. The quantitative estimate of drug-likeness (QED) is 0.710. The molecule has 0 bridgehead atoms. The molecule has 0 saturated carbocycles. The van der Waals surface area contributed by atoms with Gasteiger partial charge in [-0.15, -0.1) is 0 Å². The third-order valence-electron chi connectivity index (χ3n) is 4.22. The summed E-state index contributed by atoms with van der Waals surface area (Å²) in [4.78, 5) is 30.5. The fraction of sp³-hybridized carbons (Fsp3) is 0.533. The van der Waals surface area contributed by atoms with E-state index in [1.54, 1.807) is 18.2 Å². The maximum atomic E-state index is 12.2. The third kappa shape index (κ3) is 2.46. The fourth-order valence-corrected chi connectivity index (χ4v) is 3.04. The molecule has 1 fully saturated rings. The average molecular weight is 289 g/mol. The van der Waals surface area contributed by atoms with Gasteiger partial charge in [0.15, 0.2) is 5.84 Å². The summed E-state index contributed by atoms with van der Waals surface area (Å²) < 4.78 is 4.73. The molecule has 1 aliphatic carbocycles. The minimum absolute atomic E-state index is 0.135. The van der Waals surface area contributed by atoms with Gasteiger partial charge < -0.3 is 15.0 Å². The maximum absolute atomic E-state index is 12.2. The first-order chi connectivity index (χ1) is 10.1. The first-order valence-electron chi connectivity index (χ1n) is 7.24. The zero-order valence-electron chi connectivity index (χ0n) is 12.2. The molecule has 0 spiro atoms. The highest BCUT2D eigenvalue weighted by molar-refractivity contribution is 6.38. The predicted molar refractivity (Wildman–Crippen MR) is 77.8 cm³/mol. The van der Waals surface area contributed by atoms with Gasteiger partial charge in [-0.2, -0.15) is 0 Å². The summed E-state index contributed by atoms with van der Waals surface area (Å²) in [7, 11) is 1.35. The molecule has 0 aromatic heterocycles. The first-order valence-corrected chi connectivity index (χ1v) is 7.24. The summed E-state index contributed by atoms with van der Waals surface area (Å²) in [6.07, 6.45) is 7.37. The van der Waals surface area contributed by atoms with Crippen LogP contribution in [0.4, 0.5) is 0 Å². The molecule has 3 aliphatic rings. The number of esters is 1. The summed E-state index contributed by atoms with van der Waals surface area (Å²) in [6, 6.07) is -0.105. The van der Waals surface area contributed by atoms with Gasteiger partial charge in [-0.3, -0.25) is 9.79 Å². The second-order valence-electron chi connectivity index (χ2n) is 5.60. The molecule has 0 aromatic carbocycles. The lowest BCUT2D eigenvalue weighted by Crippen LogP contribution is -2.55. The van der Waals surface area contributed by atoms with Gasteiger partial charge in [-0.1, -0.05) is 6.08 Å².